The van der Waals surface area contributed by atoms with Gasteiger partial charge in [0.15, 0.2) is 0 Å². The van der Waals surface area contributed by atoms with E-state index < -0.39 is 41.1 Å². The standard InChI is InChI=1S/C20H17F5N2O2/c21-15-6-7-17(16(22)10-15)26-18(28)13-4-2-8-27(11-13)19(29)12-3-1-5-14(9-12)20(23,24)25/h1,3,5-7,9-10,13H,2,4,8,11H2,(H,26,28). The van der Waals surface area contributed by atoms with Crippen molar-refractivity contribution in [1.29, 1.82) is 0 Å². The summed E-state index contributed by atoms with van der Waals surface area (Å²) in [5.74, 6) is -3.52. The molecule has 1 atom stereocenters. The maximum absolute atomic E-state index is 13.7. The van der Waals surface area contributed by atoms with Crippen LogP contribution in [0.4, 0.5) is 27.6 Å². The molecule has 1 unspecified atom stereocenters. The minimum Gasteiger partial charge on any atom is -0.338 e. The Kier molecular flexibility index (Phi) is 5.86. The summed E-state index contributed by atoms with van der Waals surface area (Å²) >= 11 is 0. The number of alkyl halides is 3. The summed E-state index contributed by atoms with van der Waals surface area (Å²) in [7, 11) is 0. The molecule has 0 aliphatic carbocycles. The van der Waals surface area contributed by atoms with Gasteiger partial charge >= 0.3 is 6.18 Å². The highest BCUT2D eigenvalue weighted by Gasteiger charge is 2.33. The van der Waals surface area contributed by atoms with Gasteiger partial charge in [-0.2, -0.15) is 13.2 Å². The number of nitrogens with one attached hydrogen (secondary N) is 1. The lowest BCUT2D eigenvalue weighted by Gasteiger charge is -2.32. The van der Waals surface area contributed by atoms with Crippen molar-refractivity contribution in [2.75, 3.05) is 18.4 Å². The van der Waals surface area contributed by atoms with Crippen LogP contribution in [0.25, 0.3) is 0 Å². The van der Waals surface area contributed by atoms with E-state index >= 15 is 0 Å². The predicted octanol–water partition coefficient (Wildman–Crippen LogP) is 4.47. The second kappa shape index (κ2) is 8.18. The molecule has 0 bridgehead atoms. The topological polar surface area (TPSA) is 49.4 Å². The van der Waals surface area contributed by atoms with Gasteiger partial charge in [-0.15, -0.1) is 0 Å². The molecule has 2 amide bonds. The fraction of sp³-hybridized carbons (Fsp3) is 0.300. The maximum Gasteiger partial charge on any atom is 0.416 e. The molecule has 2 aromatic carbocycles. The number of carbonyl (C=O) groups is 2. The third-order valence-electron chi connectivity index (χ3n) is 4.71. The Morgan fingerprint density at radius 3 is 2.52 bits per heavy atom. The molecular formula is C20H17F5N2O2. The van der Waals surface area contributed by atoms with E-state index in [4.69, 9.17) is 0 Å². The average Bonchev–Trinajstić information content (AvgIpc) is 2.69. The molecule has 29 heavy (non-hydrogen) atoms. The van der Waals surface area contributed by atoms with Crippen LogP contribution < -0.4 is 5.32 Å². The van der Waals surface area contributed by atoms with Crippen LogP contribution in [-0.2, 0) is 11.0 Å². The van der Waals surface area contributed by atoms with Crippen LogP contribution in [0.3, 0.4) is 0 Å². The summed E-state index contributed by atoms with van der Waals surface area (Å²) in [5, 5.41) is 2.37. The minimum atomic E-state index is -4.57. The zero-order valence-electron chi connectivity index (χ0n) is 15.1. The number of rotatable bonds is 3. The Labute approximate surface area is 163 Å². The monoisotopic (exact) mass is 412 g/mol. The zero-order valence-corrected chi connectivity index (χ0v) is 15.1. The van der Waals surface area contributed by atoms with E-state index in [-0.39, 0.29) is 17.8 Å². The summed E-state index contributed by atoms with van der Waals surface area (Å²) < 4.78 is 65.3. The van der Waals surface area contributed by atoms with Gasteiger partial charge in [-0.25, -0.2) is 8.78 Å². The van der Waals surface area contributed by atoms with Crippen molar-refractivity contribution in [3.63, 3.8) is 0 Å². The van der Waals surface area contributed by atoms with Crippen molar-refractivity contribution in [3.8, 4) is 0 Å². The molecule has 1 N–H and O–H groups in total. The molecule has 0 radical (unpaired) electrons. The van der Waals surface area contributed by atoms with Crippen molar-refractivity contribution in [1.82, 2.24) is 4.90 Å². The smallest absolute Gasteiger partial charge is 0.338 e. The lowest BCUT2D eigenvalue weighted by atomic mass is 9.96. The zero-order chi connectivity index (χ0) is 21.2. The third kappa shape index (κ3) is 4.90. The minimum absolute atomic E-state index is 0.0102. The van der Waals surface area contributed by atoms with Gasteiger partial charge < -0.3 is 10.2 Å². The molecule has 4 nitrogen and oxygen atoms in total. The van der Waals surface area contributed by atoms with Crippen LogP contribution in [0, 0.1) is 17.6 Å². The highest BCUT2D eigenvalue weighted by atomic mass is 19.4. The number of hydrogen-bond donors (Lipinski definition) is 1. The van der Waals surface area contributed by atoms with Crippen molar-refractivity contribution in [2.45, 2.75) is 19.0 Å². The molecule has 1 saturated heterocycles. The fourth-order valence-electron chi connectivity index (χ4n) is 3.21. The number of piperidine rings is 1. The van der Waals surface area contributed by atoms with Gasteiger partial charge in [0.05, 0.1) is 17.2 Å². The molecule has 9 heteroatoms. The van der Waals surface area contributed by atoms with Gasteiger partial charge in [0.1, 0.15) is 11.6 Å². The van der Waals surface area contributed by atoms with Crippen LogP contribution in [0.2, 0.25) is 0 Å². The highest BCUT2D eigenvalue weighted by molar-refractivity contribution is 5.96. The SMILES string of the molecule is O=C(Nc1ccc(F)cc1F)C1CCCN(C(=O)c2cccc(C(F)(F)F)c2)C1. The second-order valence-corrected chi connectivity index (χ2v) is 6.78. The molecule has 0 saturated carbocycles. The first kappa shape index (κ1) is 20.8. The quantitative estimate of drug-likeness (QED) is 0.756. The van der Waals surface area contributed by atoms with Gasteiger partial charge in [0.2, 0.25) is 5.91 Å². The average molecular weight is 412 g/mol. The van der Waals surface area contributed by atoms with E-state index in [1.807, 2.05) is 0 Å². The summed E-state index contributed by atoms with van der Waals surface area (Å²) in [4.78, 5) is 26.4. The van der Waals surface area contributed by atoms with E-state index in [0.29, 0.717) is 25.5 Å². The first-order chi connectivity index (χ1) is 13.6. The van der Waals surface area contributed by atoms with Crippen LogP contribution >= 0.6 is 0 Å². The molecule has 154 valence electrons. The number of hydrogen-bond acceptors (Lipinski definition) is 2. The van der Waals surface area contributed by atoms with Crippen molar-refractivity contribution >= 4 is 17.5 Å². The molecule has 1 heterocycles. The van der Waals surface area contributed by atoms with Crippen LogP contribution in [0.5, 0.6) is 0 Å². The predicted molar refractivity (Wildman–Crippen MR) is 95.1 cm³/mol. The Hall–Kier alpha value is -2.97. The largest absolute Gasteiger partial charge is 0.416 e. The van der Waals surface area contributed by atoms with E-state index in [0.717, 1.165) is 30.3 Å². The number of benzene rings is 2. The molecule has 1 fully saturated rings. The normalized spacial score (nSPS) is 17.1. The number of nitrogens with zero attached hydrogens (tertiary/aromatic N) is 1. The first-order valence-corrected chi connectivity index (χ1v) is 8.87. The van der Waals surface area contributed by atoms with Crippen LogP contribution in [-0.4, -0.2) is 29.8 Å². The first-order valence-electron chi connectivity index (χ1n) is 8.87. The number of likely N-dealkylation sites (tertiary alicyclic amines) is 1. The summed E-state index contributed by atoms with van der Waals surface area (Å²) in [6.07, 6.45) is -3.67. The highest BCUT2D eigenvalue weighted by Crippen LogP contribution is 2.30. The van der Waals surface area contributed by atoms with Gasteiger partial charge in [0.25, 0.3) is 5.91 Å². The van der Waals surface area contributed by atoms with Crippen molar-refractivity contribution < 1.29 is 31.5 Å². The fourth-order valence-corrected chi connectivity index (χ4v) is 3.21. The Morgan fingerprint density at radius 2 is 1.83 bits per heavy atom. The van der Waals surface area contributed by atoms with Crippen molar-refractivity contribution in [2.24, 2.45) is 5.92 Å². The molecule has 0 spiro atoms. The third-order valence-corrected chi connectivity index (χ3v) is 4.71. The van der Waals surface area contributed by atoms with Gasteiger partial charge in [-0.3, -0.25) is 9.59 Å². The number of anilines is 1. The molecular weight excluding hydrogens is 395 g/mol. The Balaban J connectivity index is 1.70. The lowest BCUT2D eigenvalue weighted by Crippen LogP contribution is -2.43. The Bertz CT molecular complexity index is 929. The van der Waals surface area contributed by atoms with Gasteiger partial charge in [-0.1, -0.05) is 6.07 Å². The molecule has 3 rings (SSSR count). The second-order valence-electron chi connectivity index (χ2n) is 6.78. The van der Waals surface area contributed by atoms with E-state index in [1.165, 1.54) is 11.0 Å². The number of amides is 2. The van der Waals surface area contributed by atoms with E-state index in [2.05, 4.69) is 5.32 Å². The molecule has 2 aromatic rings. The lowest BCUT2D eigenvalue weighted by molar-refractivity contribution is -0.137. The number of halogens is 5. The molecule has 0 aromatic heterocycles. The molecule has 1 aliphatic heterocycles. The summed E-state index contributed by atoms with van der Waals surface area (Å²) in [5.41, 5.74) is -1.23. The summed E-state index contributed by atoms with van der Waals surface area (Å²) in [6, 6.07) is 6.83. The maximum atomic E-state index is 13.7. The molecule has 1 aliphatic rings. The van der Waals surface area contributed by atoms with Crippen molar-refractivity contribution in [3.05, 3.63) is 65.2 Å². The van der Waals surface area contributed by atoms with Gasteiger partial charge in [0, 0.05) is 24.7 Å². The van der Waals surface area contributed by atoms with E-state index in [9.17, 15) is 31.5 Å². The van der Waals surface area contributed by atoms with E-state index in [1.54, 1.807) is 0 Å². The number of carbonyl (C=O) groups excluding carboxylic acids is 2. The summed E-state index contributed by atoms with van der Waals surface area (Å²) in [6.45, 7) is 0.285. The van der Waals surface area contributed by atoms with Gasteiger partial charge in [-0.05, 0) is 43.2 Å². The van der Waals surface area contributed by atoms with Crippen LogP contribution in [0.1, 0.15) is 28.8 Å². The Morgan fingerprint density at radius 1 is 1.07 bits per heavy atom. The van der Waals surface area contributed by atoms with Crippen LogP contribution in [0.15, 0.2) is 42.5 Å².